The molecule has 1 aliphatic heterocycles. The molecule has 102 valence electrons. The first-order valence-electron chi connectivity index (χ1n) is 6.68. The van der Waals surface area contributed by atoms with Crippen LogP contribution in [0.15, 0.2) is 24.5 Å². The fourth-order valence-corrected chi connectivity index (χ4v) is 2.35. The summed E-state index contributed by atoms with van der Waals surface area (Å²) in [6.45, 7) is 4.96. The molecule has 0 fully saturated rings. The van der Waals surface area contributed by atoms with Gasteiger partial charge in [-0.05, 0) is 24.1 Å². The lowest BCUT2D eigenvalue weighted by atomic mass is 10.0. The van der Waals surface area contributed by atoms with Crippen LogP contribution in [0, 0.1) is 5.82 Å². The Labute approximate surface area is 113 Å². The Morgan fingerprint density at radius 1 is 1.21 bits per heavy atom. The molecule has 19 heavy (non-hydrogen) atoms. The Morgan fingerprint density at radius 2 is 1.95 bits per heavy atom. The molecule has 1 aromatic heterocycles. The van der Waals surface area contributed by atoms with E-state index in [-0.39, 0.29) is 5.82 Å². The molecule has 3 rings (SSSR count). The molecule has 3 nitrogen and oxygen atoms in total. The lowest BCUT2D eigenvalue weighted by molar-refractivity contribution is 0.631. The molecule has 0 bridgehead atoms. The van der Waals surface area contributed by atoms with Crippen molar-refractivity contribution in [3.63, 3.8) is 0 Å². The van der Waals surface area contributed by atoms with Crippen molar-refractivity contribution in [3.05, 3.63) is 35.9 Å². The number of benzene rings is 1. The molecule has 0 atom stereocenters. The maximum Gasteiger partial charge on any atom is 0.133 e. The molecular formula is C15H20FN3. The Bertz CT molecular complexity index is 575. The van der Waals surface area contributed by atoms with E-state index in [9.17, 15) is 4.39 Å². The van der Waals surface area contributed by atoms with E-state index >= 15 is 0 Å². The lowest BCUT2D eigenvalue weighted by Crippen LogP contribution is -2.12. The molecule has 0 N–H and O–H groups in total. The number of nitrogens with zero attached hydrogens (tertiary/aromatic N) is 3. The van der Waals surface area contributed by atoms with E-state index in [0.29, 0.717) is 5.56 Å². The summed E-state index contributed by atoms with van der Waals surface area (Å²) in [6, 6.07) is 3.58. The molecular weight excluding hydrogens is 241 g/mol. The highest BCUT2D eigenvalue weighted by molar-refractivity contribution is 5.70. The number of fused-ring (bicyclic) bond motifs is 1. The quantitative estimate of drug-likeness (QED) is 0.785. The summed E-state index contributed by atoms with van der Waals surface area (Å²) in [5, 5.41) is 4.08. The fourth-order valence-electron chi connectivity index (χ4n) is 2.35. The van der Waals surface area contributed by atoms with E-state index in [1.54, 1.807) is 16.9 Å². The zero-order valence-corrected chi connectivity index (χ0v) is 11.9. The van der Waals surface area contributed by atoms with Gasteiger partial charge in [-0.15, -0.1) is 0 Å². The second-order valence-electron chi connectivity index (χ2n) is 4.54. The molecule has 0 amide bonds. The molecule has 0 unspecified atom stereocenters. The highest BCUT2D eigenvalue weighted by Gasteiger charge is 2.19. The number of halogens is 1. The molecule has 4 heteroatoms. The van der Waals surface area contributed by atoms with E-state index in [0.717, 1.165) is 24.2 Å². The standard InChI is InChI=1S/C13H14FN3.C2H6/c1-16-4-3-9-5-11(12(14)6-13(9)16)10-7-15-17(2)8-10;1-2/h5-8H,3-4H2,1-2H3;1-2H3. The van der Waals surface area contributed by atoms with Gasteiger partial charge in [-0.25, -0.2) is 4.39 Å². The number of anilines is 1. The molecule has 2 aromatic rings. The number of likely N-dealkylation sites (N-methyl/N-ethyl adjacent to an activating group) is 1. The first-order chi connectivity index (χ1) is 9.15. The van der Waals surface area contributed by atoms with Crippen molar-refractivity contribution in [1.29, 1.82) is 0 Å². The predicted octanol–water partition coefficient (Wildman–Crippen LogP) is 3.24. The Hall–Kier alpha value is -1.84. The molecule has 0 spiro atoms. The van der Waals surface area contributed by atoms with Gasteiger partial charge < -0.3 is 4.90 Å². The van der Waals surface area contributed by atoms with Crippen LogP contribution in [0.25, 0.3) is 11.1 Å². The summed E-state index contributed by atoms with van der Waals surface area (Å²) in [7, 11) is 3.83. The highest BCUT2D eigenvalue weighted by atomic mass is 19.1. The van der Waals surface area contributed by atoms with Gasteiger partial charge >= 0.3 is 0 Å². The van der Waals surface area contributed by atoms with Crippen LogP contribution in [0.1, 0.15) is 19.4 Å². The third kappa shape index (κ3) is 2.48. The summed E-state index contributed by atoms with van der Waals surface area (Å²) in [6.07, 6.45) is 4.52. The van der Waals surface area contributed by atoms with Gasteiger partial charge in [0.15, 0.2) is 0 Å². The number of hydrogen-bond acceptors (Lipinski definition) is 2. The second kappa shape index (κ2) is 5.43. The number of rotatable bonds is 1. The largest absolute Gasteiger partial charge is 0.374 e. The summed E-state index contributed by atoms with van der Waals surface area (Å²) in [5.74, 6) is -0.175. The smallest absolute Gasteiger partial charge is 0.133 e. The van der Waals surface area contributed by atoms with Crippen molar-refractivity contribution in [2.24, 2.45) is 7.05 Å². The van der Waals surface area contributed by atoms with E-state index in [4.69, 9.17) is 0 Å². The predicted molar refractivity (Wildman–Crippen MR) is 76.9 cm³/mol. The molecule has 0 saturated heterocycles. The van der Waals surface area contributed by atoms with Crippen LogP contribution >= 0.6 is 0 Å². The maximum absolute atomic E-state index is 14.0. The van der Waals surface area contributed by atoms with Crippen LogP contribution in [0.4, 0.5) is 10.1 Å². The Balaban J connectivity index is 0.000000637. The minimum atomic E-state index is -0.175. The van der Waals surface area contributed by atoms with E-state index < -0.39 is 0 Å². The van der Waals surface area contributed by atoms with Gasteiger partial charge in [-0.1, -0.05) is 13.8 Å². The van der Waals surface area contributed by atoms with Crippen LogP contribution in [0.2, 0.25) is 0 Å². The van der Waals surface area contributed by atoms with E-state index in [2.05, 4.69) is 10.00 Å². The van der Waals surface area contributed by atoms with E-state index in [1.165, 1.54) is 5.56 Å². The van der Waals surface area contributed by atoms with Crippen molar-refractivity contribution in [2.75, 3.05) is 18.5 Å². The number of aryl methyl sites for hydroxylation is 1. The summed E-state index contributed by atoms with van der Waals surface area (Å²) in [4.78, 5) is 2.09. The normalized spacial score (nSPS) is 13.0. The number of hydrogen-bond donors (Lipinski definition) is 0. The van der Waals surface area contributed by atoms with Crippen molar-refractivity contribution in [1.82, 2.24) is 9.78 Å². The molecule has 1 aliphatic rings. The Morgan fingerprint density at radius 3 is 2.58 bits per heavy atom. The minimum Gasteiger partial charge on any atom is -0.374 e. The zero-order valence-electron chi connectivity index (χ0n) is 11.9. The van der Waals surface area contributed by atoms with Gasteiger partial charge in [-0.3, -0.25) is 4.68 Å². The van der Waals surface area contributed by atoms with Crippen LogP contribution in [0.5, 0.6) is 0 Å². The van der Waals surface area contributed by atoms with Crippen LogP contribution in [-0.4, -0.2) is 23.4 Å². The number of aromatic nitrogens is 2. The molecule has 0 saturated carbocycles. The van der Waals surface area contributed by atoms with Crippen LogP contribution < -0.4 is 4.90 Å². The topological polar surface area (TPSA) is 21.1 Å². The summed E-state index contributed by atoms with van der Waals surface area (Å²) >= 11 is 0. The minimum absolute atomic E-state index is 0.175. The van der Waals surface area contributed by atoms with Crippen molar-refractivity contribution in [2.45, 2.75) is 20.3 Å². The first-order valence-corrected chi connectivity index (χ1v) is 6.68. The summed E-state index contributed by atoms with van der Waals surface area (Å²) < 4.78 is 15.7. The van der Waals surface area contributed by atoms with Crippen LogP contribution in [0.3, 0.4) is 0 Å². The van der Waals surface area contributed by atoms with Crippen LogP contribution in [-0.2, 0) is 13.5 Å². The van der Waals surface area contributed by atoms with Crippen molar-refractivity contribution < 1.29 is 4.39 Å². The molecule has 1 aromatic carbocycles. The molecule has 0 radical (unpaired) electrons. The van der Waals surface area contributed by atoms with Gasteiger partial charge in [0.1, 0.15) is 5.82 Å². The maximum atomic E-state index is 14.0. The average molecular weight is 261 g/mol. The first kappa shape index (κ1) is 13.6. The van der Waals surface area contributed by atoms with Gasteiger partial charge in [0, 0.05) is 43.7 Å². The zero-order chi connectivity index (χ0) is 14.0. The SMILES string of the molecule is CC.CN1CCc2cc(-c3cnn(C)c3)c(F)cc21. The van der Waals surface area contributed by atoms with Crippen molar-refractivity contribution in [3.8, 4) is 11.1 Å². The fraction of sp³-hybridized carbons (Fsp3) is 0.400. The van der Waals surface area contributed by atoms with Gasteiger partial charge in [0.2, 0.25) is 0 Å². The third-order valence-electron chi connectivity index (χ3n) is 3.31. The van der Waals surface area contributed by atoms with E-state index in [1.807, 2.05) is 40.2 Å². The van der Waals surface area contributed by atoms with Gasteiger partial charge in [0.05, 0.1) is 6.20 Å². The summed E-state index contributed by atoms with van der Waals surface area (Å²) in [5.41, 5.74) is 3.71. The lowest BCUT2D eigenvalue weighted by Gasteiger charge is -2.12. The molecule has 2 heterocycles. The Kier molecular flexibility index (Phi) is 3.88. The van der Waals surface area contributed by atoms with Crippen molar-refractivity contribution >= 4 is 5.69 Å². The van der Waals surface area contributed by atoms with Gasteiger partial charge in [0.25, 0.3) is 0 Å². The third-order valence-corrected chi connectivity index (χ3v) is 3.31. The second-order valence-corrected chi connectivity index (χ2v) is 4.54. The molecule has 0 aliphatic carbocycles. The monoisotopic (exact) mass is 261 g/mol. The average Bonchev–Trinajstić information content (AvgIpc) is 2.99. The van der Waals surface area contributed by atoms with Gasteiger partial charge in [-0.2, -0.15) is 5.10 Å². The highest BCUT2D eigenvalue weighted by Crippen LogP contribution is 2.33.